The summed E-state index contributed by atoms with van der Waals surface area (Å²) in [5, 5.41) is 0. The van der Waals surface area contributed by atoms with E-state index in [0.29, 0.717) is 0 Å². The van der Waals surface area contributed by atoms with Gasteiger partial charge in [-0.15, -0.1) is 0 Å². The van der Waals surface area contributed by atoms with Crippen LogP contribution in [0.4, 0.5) is 0 Å². The van der Waals surface area contributed by atoms with Gasteiger partial charge in [0.1, 0.15) is 0 Å². The van der Waals surface area contributed by atoms with Gasteiger partial charge in [-0.05, 0) is 0 Å². The number of hydrogen-bond donors (Lipinski definition) is 0. The maximum absolute atomic E-state index is 0. The van der Waals surface area contributed by atoms with Gasteiger partial charge in [0, 0.05) is 21.1 Å². The Kier molecular flexibility index (Phi) is 124. The van der Waals surface area contributed by atoms with Crippen molar-refractivity contribution in [2.24, 2.45) is 0 Å². The van der Waals surface area contributed by atoms with Gasteiger partial charge < -0.3 is 0 Å². The maximum atomic E-state index is 0. The van der Waals surface area contributed by atoms with E-state index in [0.717, 1.165) is 0 Å². The third-order valence-corrected chi connectivity index (χ3v) is 0. The van der Waals surface area contributed by atoms with Crippen molar-refractivity contribution in [2.45, 2.75) is 0 Å². The molecule has 0 aliphatic rings. The van der Waals surface area contributed by atoms with Gasteiger partial charge in [0.2, 0.25) is 0 Å². The Morgan fingerprint density at radius 2 is 1.00 bits per heavy atom. The van der Waals surface area contributed by atoms with E-state index in [1.807, 2.05) is 0 Å². The Morgan fingerprint density at radius 3 is 1.00 bits per heavy atom. The molecule has 0 saturated heterocycles. The molecule has 0 spiro atoms. The van der Waals surface area contributed by atoms with Crippen molar-refractivity contribution >= 4 is 65.2 Å². The molecule has 0 aliphatic carbocycles. The van der Waals surface area contributed by atoms with Crippen LogP contribution in [0, 0.1) is 0 Å². The van der Waals surface area contributed by atoms with Gasteiger partial charge in [-0.1, -0.05) is 0 Å². The van der Waals surface area contributed by atoms with E-state index in [4.69, 9.17) is 0 Å². The molecule has 32 valence electrons. The number of hydrogen-bond acceptors (Lipinski definition) is 0. The zero-order valence-corrected chi connectivity index (χ0v) is 10.7. The van der Waals surface area contributed by atoms with Gasteiger partial charge in [0.25, 0.3) is 0 Å². The monoisotopic (exact) mass is 527 g/mol. The minimum atomic E-state index is 0. The van der Waals surface area contributed by atoms with Crippen molar-refractivity contribution in [3.8, 4) is 0 Å². The second-order valence-electron chi connectivity index (χ2n) is 0. The van der Waals surface area contributed by atoms with Crippen LogP contribution in [-0.2, 0) is 21.1 Å². The van der Waals surface area contributed by atoms with E-state index in [2.05, 4.69) is 0 Å². The third-order valence-electron chi connectivity index (χ3n) is 0. The Labute approximate surface area is 84.8 Å². The molecule has 0 bridgehead atoms. The van der Waals surface area contributed by atoms with Crippen LogP contribution < -0.4 is 0 Å². The predicted octanol–water partition coefficient (Wildman–Crippen LogP) is -3.29. The molecule has 0 amide bonds. The summed E-state index contributed by atoms with van der Waals surface area (Å²) in [7, 11) is 0. The quantitative estimate of drug-likeness (QED) is 0.293. The summed E-state index contributed by atoms with van der Waals surface area (Å²) in [4.78, 5) is 0. The molecule has 0 aromatic heterocycles. The summed E-state index contributed by atoms with van der Waals surface area (Å²) in [6.07, 6.45) is 0. The average Bonchev–Trinajstić information content (AvgIpc) is 0. The fourth-order valence-electron chi connectivity index (χ4n) is 0. The van der Waals surface area contributed by atoms with Crippen LogP contribution in [0.2, 0.25) is 0 Å². The Hall–Kier alpha value is 2.82. The standard InChI is InChI=1S/GeH4.Pt.Sn.H2Te.2H/h1H4;;;1H2;;. The molecule has 0 atom stereocenters. The SMILES string of the molecule is [GeH4].[Pt].[SnH2].[TeH2]. The van der Waals surface area contributed by atoms with Crippen LogP contribution in [-0.4, -0.2) is 65.2 Å². The van der Waals surface area contributed by atoms with E-state index in [-0.39, 0.29) is 86.2 Å². The average molecular weight is 522 g/mol. The summed E-state index contributed by atoms with van der Waals surface area (Å²) >= 11 is 0. The molecule has 0 rings (SSSR count). The normalized spacial score (nSPS) is 0. The molecule has 4 heteroatoms. The van der Waals surface area contributed by atoms with Crippen LogP contribution >= 0.6 is 0 Å². The molecular weight excluding hydrogens is 514 g/mol. The first-order chi connectivity index (χ1) is 0. The van der Waals surface area contributed by atoms with Crippen LogP contribution in [0.3, 0.4) is 0 Å². The third kappa shape index (κ3) is 8.84. The van der Waals surface area contributed by atoms with Crippen molar-refractivity contribution in [3.05, 3.63) is 0 Å². The minimum absolute atomic E-state index is 0. The van der Waals surface area contributed by atoms with Crippen LogP contribution in [0.5, 0.6) is 0 Å². The van der Waals surface area contributed by atoms with E-state index < -0.39 is 0 Å². The Balaban J connectivity index is 0. The molecule has 4 heavy (non-hydrogen) atoms. The molecule has 2 radical (unpaired) electrons. The van der Waals surface area contributed by atoms with Crippen molar-refractivity contribution in [2.75, 3.05) is 0 Å². The van der Waals surface area contributed by atoms with Crippen molar-refractivity contribution < 1.29 is 21.1 Å². The summed E-state index contributed by atoms with van der Waals surface area (Å²) in [5.74, 6) is 0. The fraction of sp³-hybridized carbons (Fsp3) is 0. The van der Waals surface area contributed by atoms with Crippen molar-refractivity contribution in [1.29, 1.82) is 0 Å². The van der Waals surface area contributed by atoms with Crippen LogP contribution in [0.1, 0.15) is 0 Å². The van der Waals surface area contributed by atoms with Crippen LogP contribution in [0.25, 0.3) is 0 Å². The first-order valence-corrected chi connectivity index (χ1v) is 0. The zero-order valence-electron chi connectivity index (χ0n) is 1.52. The second kappa shape index (κ2) is 17.0. The van der Waals surface area contributed by atoms with Gasteiger partial charge in [-0.2, -0.15) is 0 Å². The zero-order chi connectivity index (χ0) is 0. The molecule has 0 aromatic carbocycles. The molecule has 0 unspecified atom stereocenters. The predicted molar refractivity (Wildman–Crippen MR) is 28.4 cm³/mol. The van der Waals surface area contributed by atoms with E-state index in [1.165, 1.54) is 0 Å². The Morgan fingerprint density at radius 1 is 1.00 bits per heavy atom. The summed E-state index contributed by atoms with van der Waals surface area (Å²) < 4.78 is 0. The molecule has 0 saturated carbocycles. The van der Waals surface area contributed by atoms with Gasteiger partial charge >= 0.3 is 65.2 Å². The van der Waals surface area contributed by atoms with Crippen molar-refractivity contribution in [3.63, 3.8) is 0 Å². The molecule has 0 fully saturated rings. The first-order valence-electron chi connectivity index (χ1n) is 0. The first kappa shape index (κ1) is 29.1. The van der Waals surface area contributed by atoms with Gasteiger partial charge in [0.05, 0.1) is 0 Å². The molecule has 0 heterocycles. The van der Waals surface area contributed by atoms with E-state index in [9.17, 15) is 0 Å². The second-order valence-corrected chi connectivity index (χ2v) is 0. The molecule has 0 aliphatic heterocycles. The Bertz CT molecular complexity index is 8.00. The van der Waals surface area contributed by atoms with E-state index >= 15 is 0 Å². The molecule has 0 nitrogen and oxygen atoms in total. The molecule has 0 aromatic rings. The van der Waals surface area contributed by atoms with Gasteiger partial charge in [-0.3, -0.25) is 0 Å². The van der Waals surface area contributed by atoms with Gasteiger partial charge in [0.15, 0.2) is 0 Å². The van der Waals surface area contributed by atoms with Crippen LogP contribution in [0.15, 0.2) is 0 Å². The fourth-order valence-corrected chi connectivity index (χ4v) is 0. The number of rotatable bonds is 0. The van der Waals surface area contributed by atoms with Gasteiger partial charge in [-0.25, -0.2) is 0 Å². The van der Waals surface area contributed by atoms with Crippen molar-refractivity contribution in [1.82, 2.24) is 0 Å². The van der Waals surface area contributed by atoms with E-state index in [1.54, 1.807) is 0 Å². The molecular formula is H8GePtSnTe. The summed E-state index contributed by atoms with van der Waals surface area (Å²) in [6.45, 7) is 0. The summed E-state index contributed by atoms with van der Waals surface area (Å²) in [5.41, 5.74) is 0. The summed E-state index contributed by atoms with van der Waals surface area (Å²) in [6, 6.07) is 0. The molecule has 0 N–H and O–H groups in total. The topological polar surface area (TPSA) is 0 Å².